The fourth-order valence-corrected chi connectivity index (χ4v) is 2.59. The third kappa shape index (κ3) is 4.26. The molecule has 1 atom stereocenters. The number of nitrogens with zero attached hydrogens (tertiary/aromatic N) is 1. The zero-order chi connectivity index (χ0) is 12.7. The lowest BCUT2D eigenvalue weighted by Gasteiger charge is -2.37. The molecular formula is C12H23NO4. The molecule has 1 fully saturated rings. The quantitative estimate of drug-likeness (QED) is 0.691. The summed E-state index contributed by atoms with van der Waals surface area (Å²) in [5.74, 6) is -0.870. The Balaban J connectivity index is 2.68. The maximum Gasteiger partial charge on any atom is 0.323 e. The SMILES string of the molecule is COCC(C(=O)O)N(CCO)C1CCCCC1. The molecule has 0 radical (unpaired) electrons. The third-order valence-corrected chi connectivity index (χ3v) is 3.41. The molecule has 0 aromatic carbocycles. The van der Waals surface area contributed by atoms with Crippen LogP contribution in [0.5, 0.6) is 0 Å². The Kier molecular flexibility index (Phi) is 6.47. The lowest BCUT2D eigenvalue weighted by atomic mass is 9.93. The van der Waals surface area contributed by atoms with Gasteiger partial charge in [-0.2, -0.15) is 0 Å². The molecule has 100 valence electrons. The Morgan fingerprint density at radius 1 is 1.41 bits per heavy atom. The zero-order valence-electron chi connectivity index (χ0n) is 10.5. The summed E-state index contributed by atoms with van der Waals surface area (Å²) in [4.78, 5) is 13.1. The van der Waals surface area contributed by atoms with Crippen LogP contribution < -0.4 is 0 Å². The molecule has 0 bridgehead atoms. The second-order valence-corrected chi connectivity index (χ2v) is 4.56. The fraction of sp³-hybridized carbons (Fsp3) is 0.917. The molecule has 1 rings (SSSR count). The number of aliphatic hydroxyl groups excluding tert-OH is 1. The van der Waals surface area contributed by atoms with Crippen LogP contribution in [0.3, 0.4) is 0 Å². The van der Waals surface area contributed by atoms with Gasteiger partial charge in [-0.15, -0.1) is 0 Å². The lowest BCUT2D eigenvalue weighted by molar-refractivity contribution is -0.147. The number of ether oxygens (including phenoxy) is 1. The van der Waals surface area contributed by atoms with Crippen molar-refractivity contribution in [2.45, 2.75) is 44.2 Å². The second-order valence-electron chi connectivity index (χ2n) is 4.56. The van der Waals surface area contributed by atoms with Crippen LogP contribution in [0, 0.1) is 0 Å². The van der Waals surface area contributed by atoms with Crippen LogP contribution in [-0.2, 0) is 9.53 Å². The average Bonchev–Trinajstić information content (AvgIpc) is 2.34. The Morgan fingerprint density at radius 3 is 2.53 bits per heavy atom. The Labute approximate surface area is 102 Å². The largest absolute Gasteiger partial charge is 0.480 e. The van der Waals surface area contributed by atoms with E-state index in [0.717, 1.165) is 25.7 Å². The molecule has 0 aromatic rings. The van der Waals surface area contributed by atoms with Crippen molar-refractivity contribution in [2.24, 2.45) is 0 Å². The van der Waals surface area contributed by atoms with Crippen LogP contribution in [0.1, 0.15) is 32.1 Å². The first-order valence-corrected chi connectivity index (χ1v) is 6.29. The molecule has 0 aromatic heterocycles. The highest BCUT2D eigenvalue weighted by atomic mass is 16.5. The Morgan fingerprint density at radius 2 is 2.06 bits per heavy atom. The van der Waals surface area contributed by atoms with Gasteiger partial charge in [0.05, 0.1) is 13.2 Å². The van der Waals surface area contributed by atoms with Crippen LogP contribution in [-0.4, -0.2) is 60.0 Å². The van der Waals surface area contributed by atoms with Crippen molar-refractivity contribution in [1.29, 1.82) is 0 Å². The van der Waals surface area contributed by atoms with E-state index < -0.39 is 12.0 Å². The molecule has 5 heteroatoms. The van der Waals surface area contributed by atoms with Gasteiger partial charge in [0.2, 0.25) is 0 Å². The Hall–Kier alpha value is -0.650. The zero-order valence-corrected chi connectivity index (χ0v) is 10.5. The van der Waals surface area contributed by atoms with Gasteiger partial charge in [0, 0.05) is 19.7 Å². The predicted octanol–water partition coefficient (Wildman–Crippen LogP) is 0.713. The average molecular weight is 245 g/mol. The summed E-state index contributed by atoms with van der Waals surface area (Å²) >= 11 is 0. The number of methoxy groups -OCH3 is 1. The monoisotopic (exact) mass is 245 g/mol. The summed E-state index contributed by atoms with van der Waals surface area (Å²) in [7, 11) is 1.51. The molecule has 2 N–H and O–H groups in total. The van der Waals surface area contributed by atoms with E-state index in [9.17, 15) is 9.90 Å². The molecule has 1 aliphatic rings. The molecule has 0 aliphatic heterocycles. The molecule has 5 nitrogen and oxygen atoms in total. The van der Waals surface area contributed by atoms with Gasteiger partial charge in [-0.05, 0) is 12.8 Å². The van der Waals surface area contributed by atoms with E-state index in [-0.39, 0.29) is 19.3 Å². The highest BCUT2D eigenvalue weighted by molar-refractivity contribution is 5.73. The van der Waals surface area contributed by atoms with Gasteiger partial charge in [-0.1, -0.05) is 19.3 Å². The number of rotatable bonds is 7. The molecule has 17 heavy (non-hydrogen) atoms. The summed E-state index contributed by atoms with van der Waals surface area (Å²) in [5, 5.41) is 18.3. The van der Waals surface area contributed by atoms with Crippen LogP contribution in [0.4, 0.5) is 0 Å². The molecule has 0 spiro atoms. The van der Waals surface area contributed by atoms with Crippen molar-refractivity contribution < 1.29 is 19.7 Å². The van der Waals surface area contributed by atoms with Crippen LogP contribution >= 0.6 is 0 Å². The number of carboxylic acid groups (broad SMARTS) is 1. The molecule has 0 amide bonds. The normalized spacial score (nSPS) is 19.5. The molecule has 1 saturated carbocycles. The minimum absolute atomic E-state index is 0.00993. The first-order chi connectivity index (χ1) is 8.20. The van der Waals surface area contributed by atoms with Crippen LogP contribution in [0.15, 0.2) is 0 Å². The standard InChI is InChI=1S/C12H23NO4/c1-17-9-11(12(15)16)13(7-8-14)10-5-3-2-4-6-10/h10-11,14H,2-9H2,1H3,(H,15,16). The van der Waals surface area contributed by atoms with Crippen molar-refractivity contribution >= 4 is 5.97 Å². The van der Waals surface area contributed by atoms with Gasteiger partial charge in [0.1, 0.15) is 6.04 Å². The van der Waals surface area contributed by atoms with Crippen molar-refractivity contribution in [3.63, 3.8) is 0 Å². The van der Waals surface area contributed by atoms with E-state index in [0.29, 0.717) is 6.54 Å². The number of carbonyl (C=O) groups is 1. The van der Waals surface area contributed by atoms with Gasteiger partial charge in [0.25, 0.3) is 0 Å². The van der Waals surface area contributed by atoms with Crippen LogP contribution in [0.2, 0.25) is 0 Å². The molecule has 0 saturated heterocycles. The van der Waals surface area contributed by atoms with E-state index in [1.165, 1.54) is 13.5 Å². The molecule has 0 heterocycles. The number of aliphatic hydroxyl groups is 1. The van der Waals surface area contributed by atoms with E-state index in [1.54, 1.807) is 0 Å². The molecule has 1 aliphatic carbocycles. The van der Waals surface area contributed by atoms with E-state index in [1.807, 2.05) is 4.90 Å². The summed E-state index contributed by atoms with van der Waals surface area (Å²) in [6.07, 6.45) is 5.56. The highest BCUT2D eigenvalue weighted by Gasteiger charge is 2.31. The van der Waals surface area contributed by atoms with Crippen molar-refractivity contribution in [3.05, 3.63) is 0 Å². The van der Waals surface area contributed by atoms with Gasteiger partial charge in [-0.3, -0.25) is 9.69 Å². The first-order valence-electron chi connectivity index (χ1n) is 6.29. The first kappa shape index (κ1) is 14.4. The summed E-state index contributed by atoms with van der Waals surface area (Å²) in [6.45, 7) is 0.570. The number of carboxylic acids is 1. The topological polar surface area (TPSA) is 70.0 Å². The summed E-state index contributed by atoms with van der Waals surface area (Å²) in [6, 6.07) is -0.373. The smallest absolute Gasteiger partial charge is 0.323 e. The summed E-state index contributed by atoms with van der Waals surface area (Å²) in [5.41, 5.74) is 0. The number of hydrogen-bond donors (Lipinski definition) is 2. The minimum atomic E-state index is -0.870. The van der Waals surface area contributed by atoms with Crippen molar-refractivity contribution in [2.75, 3.05) is 26.9 Å². The summed E-state index contributed by atoms with van der Waals surface area (Å²) < 4.78 is 4.98. The van der Waals surface area contributed by atoms with Crippen molar-refractivity contribution in [3.8, 4) is 0 Å². The lowest BCUT2D eigenvalue weighted by Crippen LogP contribution is -2.51. The number of hydrogen-bond acceptors (Lipinski definition) is 4. The van der Waals surface area contributed by atoms with E-state index in [2.05, 4.69) is 0 Å². The molecule has 1 unspecified atom stereocenters. The maximum atomic E-state index is 11.2. The van der Waals surface area contributed by atoms with Crippen molar-refractivity contribution in [1.82, 2.24) is 4.90 Å². The predicted molar refractivity (Wildman–Crippen MR) is 64.0 cm³/mol. The fourth-order valence-electron chi connectivity index (χ4n) is 2.59. The van der Waals surface area contributed by atoms with Gasteiger partial charge in [0.15, 0.2) is 0 Å². The second kappa shape index (κ2) is 7.63. The van der Waals surface area contributed by atoms with E-state index >= 15 is 0 Å². The van der Waals surface area contributed by atoms with Gasteiger partial charge in [-0.25, -0.2) is 0 Å². The maximum absolute atomic E-state index is 11.2. The molecular weight excluding hydrogens is 222 g/mol. The van der Waals surface area contributed by atoms with Gasteiger partial charge >= 0.3 is 5.97 Å². The van der Waals surface area contributed by atoms with Crippen LogP contribution in [0.25, 0.3) is 0 Å². The number of aliphatic carboxylic acids is 1. The Bertz CT molecular complexity index is 229. The highest BCUT2D eigenvalue weighted by Crippen LogP contribution is 2.24. The third-order valence-electron chi connectivity index (χ3n) is 3.41. The minimum Gasteiger partial charge on any atom is -0.480 e. The van der Waals surface area contributed by atoms with Gasteiger partial charge < -0.3 is 14.9 Å². The van der Waals surface area contributed by atoms with E-state index in [4.69, 9.17) is 9.84 Å².